The quantitative estimate of drug-likeness (QED) is 0.614. The Morgan fingerprint density at radius 1 is 0.966 bits per heavy atom. The fourth-order valence-electron chi connectivity index (χ4n) is 3.46. The maximum atomic E-state index is 12.7. The molecular formula is C21H21N5O3. The highest BCUT2D eigenvalue weighted by Gasteiger charge is 2.24. The summed E-state index contributed by atoms with van der Waals surface area (Å²) in [7, 11) is 0. The zero-order valence-electron chi connectivity index (χ0n) is 16.1. The number of hydrogen-bond acceptors (Lipinski definition) is 6. The minimum absolute atomic E-state index is 0.0231. The number of piperazine rings is 1. The average molecular weight is 391 g/mol. The molecule has 4 rings (SSSR count). The van der Waals surface area contributed by atoms with Crippen molar-refractivity contribution in [3.8, 4) is 0 Å². The third kappa shape index (κ3) is 3.93. The number of ketones is 2. The van der Waals surface area contributed by atoms with Crippen molar-refractivity contribution in [1.82, 2.24) is 24.2 Å². The van der Waals surface area contributed by atoms with Crippen LogP contribution < -0.4 is 0 Å². The molecule has 0 saturated carbocycles. The lowest BCUT2D eigenvalue weighted by Crippen LogP contribution is -2.50. The van der Waals surface area contributed by atoms with Gasteiger partial charge in [0.05, 0.1) is 12.7 Å². The minimum atomic E-state index is -0.0565. The number of carbonyl (C=O) groups excluding carboxylic acids is 3. The van der Waals surface area contributed by atoms with Gasteiger partial charge in [-0.15, -0.1) is 0 Å². The van der Waals surface area contributed by atoms with Crippen LogP contribution in [0.5, 0.6) is 0 Å². The summed E-state index contributed by atoms with van der Waals surface area (Å²) < 4.78 is 1.69. The number of carbonyl (C=O) groups is 3. The summed E-state index contributed by atoms with van der Waals surface area (Å²) in [5.74, 6) is 0.398. The summed E-state index contributed by atoms with van der Waals surface area (Å²) in [4.78, 5) is 48.8. The molecule has 1 saturated heterocycles. The Hall–Kier alpha value is -3.39. The molecule has 0 N–H and O–H groups in total. The van der Waals surface area contributed by atoms with Gasteiger partial charge in [-0.3, -0.25) is 23.7 Å². The largest absolute Gasteiger partial charge is 0.336 e. The molecule has 1 aliphatic heterocycles. The molecule has 8 heteroatoms. The fraction of sp³-hybridized carbons (Fsp3) is 0.286. The highest BCUT2D eigenvalue weighted by molar-refractivity contribution is 5.98. The first kappa shape index (κ1) is 18.9. The Kier molecular flexibility index (Phi) is 5.18. The fourth-order valence-corrected chi connectivity index (χ4v) is 3.46. The summed E-state index contributed by atoms with van der Waals surface area (Å²) in [6, 6.07) is 8.49. The van der Waals surface area contributed by atoms with Crippen molar-refractivity contribution in [2.24, 2.45) is 0 Å². The minimum Gasteiger partial charge on any atom is -0.336 e. The Labute approximate surface area is 167 Å². The van der Waals surface area contributed by atoms with E-state index in [1.807, 2.05) is 4.90 Å². The number of fused-ring (bicyclic) bond motifs is 1. The molecule has 1 fully saturated rings. The van der Waals surface area contributed by atoms with Crippen LogP contribution in [0.2, 0.25) is 0 Å². The second-order valence-corrected chi connectivity index (χ2v) is 7.06. The number of Topliss-reactive ketones (excluding diaryl/α,β-unsaturated/α-hetero) is 2. The molecule has 8 nitrogen and oxygen atoms in total. The predicted molar refractivity (Wildman–Crippen MR) is 106 cm³/mol. The molecule has 148 valence electrons. The van der Waals surface area contributed by atoms with Crippen LogP contribution in [0.3, 0.4) is 0 Å². The lowest BCUT2D eigenvalue weighted by atomic mass is 10.1. The summed E-state index contributed by atoms with van der Waals surface area (Å²) in [5.41, 5.74) is 1.67. The summed E-state index contributed by atoms with van der Waals surface area (Å²) in [6.45, 7) is 4.12. The van der Waals surface area contributed by atoms with Gasteiger partial charge in [-0.2, -0.15) is 0 Å². The Morgan fingerprint density at radius 3 is 2.34 bits per heavy atom. The predicted octanol–water partition coefficient (Wildman–Crippen LogP) is 1.57. The smallest absolute Gasteiger partial charge is 0.253 e. The van der Waals surface area contributed by atoms with Gasteiger partial charge < -0.3 is 4.90 Å². The number of rotatable bonds is 5. The van der Waals surface area contributed by atoms with Crippen molar-refractivity contribution < 1.29 is 14.4 Å². The van der Waals surface area contributed by atoms with E-state index in [-0.39, 0.29) is 24.0 Å². The number of hydrogen-bond donors (Lipinski definition) is 0. The second-order valence-electron chi connectivity index (χ2n) is 7.06. The zero-order chi connectivity index (χ0) is 20.4. The van der Waals surface area contributed by atoms with Gasteiger partial charge in [0.25, 0.3) is 5.91 Å². The van der Waals surface area contributed by atoms with Gasteiger partial charge in [0.15, 0.2) is 11.6 Å². The van der Waals surface area contributed by atoms with Crippen LogP contribution in [-0.2, 0) is 0 Å². The van der Waals surface area contributed by atoms with Crippen molar-refractivity contribution >= 4 is 23.3 Å². The number of aromatic nitrogens is 3. The molecule has 0 bridgehead atoms. The highest BCUT2D eigenvalue weighted by atomic mass is 16.2. The highest BCUT2D eigenvalue weighted by Crippen LogP contribution is 2.12. The van der Waals surface area contributed by atoms with Crippen molar-refractivity contribution in [3.05, 3.63) is 65.7 Å². The molecule has 0 atom stereocenters. The van der Waals surface area contributed by atoms with Gasteiger partial charge in [-0.1, -0.05) is 12.1 Å². The Morgan fingerprint density at radius 2 is 1.66 bits per heavy atom. The molecular weight excluding hydrogens is 370 g/mol. The second kappa shape index (κ2) is 7.92. The summed E-state index contributed by atoms with van der Waals surface area (Å²) in [6.07, 6.45) is 4.96. The molecule has 0 aliphatic carbocycles. The van der Waals surface area contributed by atoms with Crippen LogP contribution in [0.25, 0.3) is 5.78 Å². The van der Waals surface area contributed by atoms with E-state index < -0.39 is 0 Å². The molecule has 1 amide bonds. The first-order chi connectivity index (χ1) is 14.0. The van der Waals surface area contributed by atoms with Crippen molar-refractivity contribution in [2.75, 3.05) is 32.7 Å². The van der Waals surface area contributed by atoms with Gasteiger partial charge in [0.1, 0.15) is 5.69 Å². The third-order valence-corrected chi connectivity index (χ3v) is 5.14. The lowest BCUT2D eigenvalue weighted by molar-refractivity contribution is 0.0623. The number of benzene rings is 1. The molecule has 3 heterocycles. The van der Waals surface area contributed by atoms with Gasteiger partial charge in [0, 0.05) is 49.7 Å². The SMILES string of the molecule is CC(=O)c1ccc(C(=O)N2CCN(CC(=O)c3cnc4ncccn34)CC2)cc1. The molecule has 0 radical (unpaired) electrons. The normalized spacial score (nSPS) is 14.9. The van der Waals surface area contributed by atoms with E-state index in [9.17, 15) is 14.4 Å². The molecule has 1 aliphatic rings. The van der Waals surface area contributed by atoms with Crippen LogP contribution in [0.4, 0.5) is 0 Å². The molecule has 2 aromatic heterocycles. The summed E-state index contributed by atoms with van der Waals surface area (Å²) >= 11 is 0. The van der Waals surface area contributed by atoms with E-state index in [2.05, 4.69) is 9.97 Å². The maximum absolute atomic E-state index is 12.7. The van der Waals surface area contributed by atoms with E-state index in [1.165, 1.54) is 6.92 Å². The average Bonchev–Trinajstić information content (AvgIpc) is 3.18. The molecule has 0 spiro atoms. The lowest BCUT2D eigenvalue weighted by Gasteiger charge is -2.34. The Bertz CT molecular complexity index is 1070. The first-order valence-corrected chi connectivity index (χ1v) is 9.47. The molecule has 1 aromatic carbocycles. The van der Waals surface area contributed by atoms with E-state index in [1.54, 1.807) is 58.2 Å². The third-order valence-electron chi connectivity index (χ3n) is 5.14. The van der Waals surface area contributed by atoms with Gasteiger partial charge in [-0.25, -0.2) is 9.97 Å². The van der Waals surface area contributed by atoms with Gasteiger partial charge in [0.2, 0.25) is 5.78 Å². The van der Waals surface area contributed by atoms with E-state index in [0.717, 1.165) is 0 Å². The number of nitrogens with zero attached hydrogens (tertiary/aromatic N) is 5. The maximum Gasteiger partial charge on any atom is 0.253 e. The van der Waals surface area contributed by atoms with Gasteiger partial charge in [-0.05, 0) is 25.1 Å². The molecule has 3 aromatic rings. The number of amides is 1. The topological polar surface area (TPSA) is 87.9 Å². The van der Waals surface area contributed by atoms with E-state index in [0.29, 0.717) is 48.8 Å². The van der Waals surface area contributed by atoms with Crippen LogP contribution in [-0.4, -0.2) is 74.4 Å². The molecule has 0 unspecified atom stereocenters. The zero-order valence-corrected chi connectivity index (χ0v) is 16.1. The molecule has 29 heavy (non-hydrogen) atoms. The van der Waals surface area contributed by atoms with Crippen molar-refractivity contribution in [3.63, 3.8) is 0 Å². The Balaban J connectivity index is 1.35. The van der Waals surface area contributed by atoms with Crippen LogP contribution in [0, 0.1) is 0 Å². The van der Waals surface area contributed by atoms with E-state index in [4.69, 9.17) is 0 Å². The summed E-state index contributed by atoms with van der Waals surface area (Å²) in [5, 5.41) is 0. The number of imidazole rings is 1. The standard InChI is InChI=1S/C21H21N5O3/c1-15(27)16-3-5-17(6-4-16)20(29)25-11-9-24(10-12-25)14-19(28)18-13-23-21-22-7-2-8-26(18)21/h2-8,13H,9-12,14H2,1H3. The monoisotopic (exact) mass is 391 g/mol. The van der Waals surface area contributed by atoms with Crippen molar-refractivity contribution in [2.45, 2.75) is 6.92 Å². The first-order valence-electron chi connectivity index (χ1n) is 9.47. The van der Waals surface area contributed by atoms with Gasteiger partial charge >= 0.3 is 0 Å². The van der Waals surface area contributed by atoms with Crippen LogP contribution in [0.15, 0.2) is 48.9 Å². The van der Waals surface area contributed by atoms with E-state index >= 15 is 0 Å². The van der Waals surface area contributed by atoms with Crippen LogP contribution >= 0.6 is 0 Å². The van der Waals surface area contributed by atoms with Crippen molar-refractivity contribution in [1.29, 1.82) is 0 Å². The van der Waals surface area contributed by atoms with Crippen LogP contribution in [0.1, 0.15) is 38.1 Å².